The van der Waals surface area contributed by atoms with E-state index in [9.17, 15) is 0 Å². The first-order valence-electron chi connectivity index (χ1n) is 16.3. The van der Waals surface area contributed by atoms with Crippen LogP contribution < -0.4 is 20.4 Å². The van der Waals surface area contributed by atoms with Crippen molar-refractivity contribution in [2.45, 2.75) is 50.0 Å². The highest BCUT2D eigenvalue weighted by atomic mass is 31.1. The van der Waals surface area contributed by atoms with Gasteiger partial charge in [0.25, 0.3) is 0 Å². The Hall–Kier alpha value is -3.71. The van der Waals surface area contributed by atoms with E-state index in [1.165, 1.54) is 75.9 Å². The average Bonchev–Trinajstić information content (AvgIpc) is 3.27. The fourth-order valence-corrected chi connectivity index (χ4v) is 15.5. The maximum absolute atomic E-state index is 5.58. The largest absolute Gasteiger partial charge is 0.497 e. The Labute approximate surface area is 264 Å². The third kappa shape index (κ3) is 4.99. The van der Waals surface area contributed by atoms with E-state index in [4.69, 9.17) is 4.74 Å². The average molecular weight is 607 g/mol. The van der Waals surface area contributed by atoms with Crippen LogP contribution in [0.25, 0.3) is 32.7 Å². The van der Waals surface area contributed by atoms with Crippen LogP contribution in [-0.2, 0) is 12.3 Å². The van der Waals surface area contributed by atoms with Gasteiger partial charge >= 0.3 is 0 Å². The predicted molar refractivity (Wildman–Crippen MR) is 194 cm³/mol. The SMILES string of the molecule is COc1ccc([Si@H](c2ccccc2P2Cc3ccc4ccccc4c3-c3c(ccc4ccccc34)C2)C2CCCCC2)cc1. The van der Waals surface area contributed by atoms with E-state index in [1.807, 2.05) is 0 Å². The first-order valence-corrected chi connectivity index (χ1v) is 19.8. The third-order valence-corrected chi connectivity index (χ3v) is 16.9. The van der Waals surface area contributed by atoms with E-state index < -0.39 is 16.7 Å². The third-order valence-electron chi connectivity index (χ3n) is 10.2. The first kappa shape index (κ1) is 27.8. The molecule has 0 aromatic heterocycles. The molecule has 6 aromatic rings. The fourth-order valence-electron chi connectivity index (χ4n) is 8.15. The van der Waals surface area contributed by atoms with Crippen molar-refractivity contribution < 1.29 is 4.74 Å². The van der Waals surface area contributed by atoms with Gasteiger partial charge in [-0.25, -0.2) is 0 Å². The van der Waals surface area contributed by atoms with Gasteiger partial charge in [0.15, 0.2) is 0 Å². The number of hydrogen-bond acceptors (Lipinski definition) is 1. The molecule has 3 heteroatoms. The summed E-state index contributed by atoms with van der Waals surface area (Å²) in [6.07, 6.45) is 9.15. The molecule has 0 bridgehead atoms. The monoisotopic (exact) mass is 606 g/mol. The molecular weight excluding hydrogens is 568 g/mol. The Kier molecular flexibility index (Phi) is 7.58. The second kappa shape index (κ2) is 12.0. The number of benzene rings is 6. The van der Waals surface area contributed by atoms with Crippen molar-refractivity contribution in [2.24, 2.45) is 0 Å². The number of methoxy groups -OCH3 is 1. The molecule has 0 amide bonds. The number of hydrogen-bond donors (Lipinski definition) is 0. The number of fused-ring (bicyclic) bond motifs is 7. The minimum absolute atomic E-state index is 0.441. The lowest BCUT2D eigenvalue weighted by Crippen LogP contribution is -2.51. The summed E-state index contributed by atoms with van der Waals surface area (Å²) in [7, 11) is -0.147. The van der Waals surface area contributed by atoms with E-state index in [1.54, 1.807) is 22.8 Å². The van der Waals surface area contributed by atoms with E-state index in [0.29, 0.717) is 0 Å². The molecule has 1 aliphatic heterocycles. The molecule has 0 radical (unpaired) electrons. The maximum atomic E-state index is 5.58. The topological polar surface area (TPSA) is 9.23 Å². The van der Waals surface area contributed by atoms with Crippen molar-refractivity contribution in [1.82, 2.24) is 0 Å². The molecule has 1 nitrogen and oxygen atoms in total. The first-order chi connectivity index (χ1) is 21.8. The van der Waals surface area contributed by atoms with Crippen molar-refractivity contribution in [3.8, 4) is 16.9 Å². The van der Waals surface area contributed by atoms with Gasteiger partial charge in [-0.2, -0.15) is 0 Å². The van der Waals surface area contributed by atoms with Gasteiger partial charge in [0.05, 0.1) is 7.11 Å². The second-order valence-corrected chi connectivity index (χ2v) is 18.1. The van der Waals surface area contributed by atoms with Crippen LogP contribution in [0.4, 0.5) is 0 Å². The minimum Gasteiger partial charge on any atom is -0.497 e. The fraction of sp³-hybridized carbons (Fsp3) is 0.220. The molecule has 1 heterocycles. The van der Waals surface area contributed by atoms with Gasteiger partial charge in [0.1, 0.15) is 14.5 Å². The summed E-state index contributed by atoms with van der Waals surface area (Å²) in [5.41, 5.74) is 6.77. The zero-order valence-corrected chi connectivity index (χ0v) is 27.6. The van der Waals surface area contributed by atoms with Gasteiger partial charge in [-0.05, 0) is 79.1 Å². The lowest BCUT2D eigenvalue weighted by Gasteiger charge is -2.33. The van der Waals surface area contributed by atoms with Crippen molar-refractivity contribution >= 4 is 53.9 Å². The molecular formula is C41H39OPSi. The van der Waals surface area contributed by atoms with Crippen LogP contribution in [-0.4, -0.2) is 15.9 Å². The summed E-state index contributed by atoms with van der Waals surface area (Å²) in [6.45, 7) is 0. The Bertz CT molecular complexity index is 1870. The molecule has 1 saturated carbocycles. The molecule has 44 heavy (non-hydrogen) atoms. The number of ether oxygens (including phenoxy) is 1. The normalized spacial score (nSPS) is 16.3. The summed E-state index contributed by atoms with van der Waals surface area (Å²) >= 11 is 0. The van der Waals surface area contributed by atoms with Crippen LogP contribution in [0, 0.1) is 0 Å². The summed E-state index contributed by atoms with van der Waals surface area (Å²) < 4.78 is 5.58. The van der Waals surface area contributed by atoms with Gasteiger partial charge < -0.3 is 4.74 Å². The molecule has 2 aliphatic rings. The molecule has 1 fully saturated rings. The van der Waals surface area contributed by atoms with Gasteiger partial charge in [0.2, 0.25) is 0 Å². The molecule has 1 aliphatic carbocycles. The van der Waals surface area contributed by atoms with E-state index in [-0.39, 0.29) is 0 Å². The quantitative estimate of drug-likeness (QED) is 0.140. The highest BCUT2D eigenvalue weighted by Crippen LogP contribution is 2.52. The van der Waals surface area contributed by atoms with Crippen molar-refractivity contribution in [2.75, 3.05) is 7.11 Å². The zero-order valence-electron chi connectivity index (χ0n) is 25.5. The summed E-state index contributed by atoms with van der Waals surface area (Å²) in [5.74, 6) is 0.958. The maximum Gasteiger partial charge on any atom is 0.118 e. The van der Waals surface area contributed by atoms with Crippen LogP contribution in [0.1, 0.15) is 43.2 Å². The zero-order chi connectivity index (χ0) is 29.5. The molecule has 0 unspecified atom stereocenters. The van der Waals surface area contributed by atoms with Crippen LogP contribution in [0.5, 0.6) is 5.75 Å². The summed E-state index contributed by atoms with van der Waals surface area (Å²) in [5, 5.41) is 10.4. The van der Waals surface area contributed by atoms with E-state index in [2.05, 4.69) is 121 Å². The van der Waals surface area contributed by atoms with Crippen molar-refractivity contribution in [3.63, 3.8) is 0 Å². The van der Waals surface area contributed by atoms with Gasteiger partial charge in [-0.3, -0.25) is 0 Å². The summed E-state index contributed by atoms with van der Waals surface area (Å²) in [4.78, 5) is 0. The van der Waals surface area contributed by atoms with Gasteiger partial charge in [-0.1, -0.05) is 160 Å². The molecule has 1 atom stereocenters. The van der Waals surface area contributed by atoms with Gasteiger partial charge in [-0.15, -0.1) is 0 Å². The van der Waals surface area contributed by atoms with Crippen LogP contribution in [0.2, 0.25) is 5.54 Å². The lowest BCUT2D eigenvalue weighted by atomic mass is 9.88. The Morgan fingerprint density at radius 1 is 0.591 bits per heavy atom. The second-order valence-electron chi connectivity index (χ2n) is 12.7. The molecule has 6 aromatic carbocycles. The molecule has 0 saturated heterocycles. The molecule has 0 N–H and O–H groups in total. The lowest BCUT2D eigenvalue weighted by molar-refractivity contribution is 0.415. The van der Waals surface area contributed by atoms with Gasteiger partial charge in [0, 0.05) is 0 Å². The van der Waals surface area contributed by atoms with Crippen molar-refractivity contribution in [1.29, 1.82) is 0 Å². The van der Waals surface area contributed by atoms with E-state index in [0.717, 1.165) is 23.6 Å². The standard InChI is InChI=1S/C41H39OPSi/c1-42-33-23-25-35(26-24-33)44(34-13-3-2-4-14-34)39-18-10-9-17-38(39)43-27-31-21-19-29-11-5-7-15-36(29)40(31)41-32(28-43)22-20-30-12-6-8-16-37(30)41/h5-12,15-26,34,44H,2-4,13-14,27-28H2,1H3/t44-/m1/s1. The highest BCUT2D eigenvalue weighted by Gasteiger charge is 2.33. The van der Waals surface area contributed by atoms with Crippen LogP contribution in [0.15, 0.2) is 121 Å². The highest BCUT2D eigenvalue weighted by molar-refractivity contribution is 7.64. The molecule has 218 valence electrons. The Morgan fingerprint density at radius 3 is 1.77 bits per heavy atom. The minimum atomic E-state index is -1.48. The van der Waals surface area contributed by atoms with E-state index >= 15 is 0 Å². The Balaban J connectivity index is 1.32. The van der Waals surface area contributed by atoms with Crippen LogP contribution in [0.3, 0.4) is 0 Å². The molecule has 0 spiro atoms. The van der Waals surface area contributed by atoms with Crippen LogP contribution >= 0.6 is 7.92 Å². The smallest absolute Gasteiger partial charge is 0.118 e. The molecule has 8 rings (SSSR count). The predicted octanol–water partition coefficient (Wildman–Crippen LogP) is 9.17. The number of rotatable bonds is 5. The summed E-state index contributed by atoms with van der Waals surface area (Å²) in [6, 6.07) is 46.5. The van der Waals surface area contributed by atoms with Crippen molar-refractivity contribution in [3.05, 3.63) is 132 Å². The Morgan fingerprint density at radius 2 is 1.16 bits per heavy atom.